The van der Waals surface area contributed by atoms with E-state index in [2.05, 4.69) is 18.4 Å². The van der Waals surface area contributed by atoms with Crippen molar-refractivity contribution >= 4 is 57.7 Å². The van der Waals surface area contributed by atoms with Crippen LogP contribution in [0.3, 0.4) is 0 Å². The van der Waals surface area contributed by atoms with Crippen LogP contribution in [0.25, 0.3) is 0 Å². The van der Waals surface area contributed by atoms with E-state index in [1.165, 1.54) is 16.2 Å². The number of amides is 2. The van der Waals surface area contributed by atoms with Crippen LogP contribution in [-0.2, 0) is 11.2 Å². The molecule has 0 saturated carbocycles. The molecular formula is C25H26Cl2N2O2S2. The first-order chi connectivity index (χ1) is 16.0. The maximum absolute atomic E-state index is 13.7. The fourth-order valence-electron chi connectivity index (χ4n) is 4.26. The third-order valence-electron chi connectivity index (χ3n) is 5.92. The Kier molecular flexibility index (Phi) is 8.12. The van der Waals surface area contributed by atoms with E-state index in [9.17, 15) is 9.59 Å². The van der Waals surface area contributed by atoms with Crippen LogP contribution in [0.4, 0.5) is 0 Å². The molecule has 0 spiro atoms. The average molecular weight is 522 g/mol. The predicted octanol–water partition coefficient (Wildman–Crippen LogP) is 6.92. The van der Waals surface area contributed by atoms with Gasteiger partial charge in [0.25, 0.3) is 5.91 Å². The van der Waals surface area contributed by atoms with Gasteiger partial charge in [0.15, 0.2) is 0 Å². The van der Waals surface area contributed by atoms with Crippen LogP contribution in [-0.4, -0.2) is 41.2 Å². The SMILES string of the molecule is CCCCCN(CC(=O)N1CCc2sccc2C1c1ccc(Cl)cc1Cl)C(=O)c1cccs1. The van der Waals surface area contributed by atoms with Crippen molar-refractivity contribution in [3.63, 3.8) is 0 Å². The van der Waals surface area contributed by atoms with E-state index in [0.717, 1.165) is 36.8 Å². The molecule has 33 heavy (non-hydrogen) atoms. The number of fused-ring (bicyclic) bond motifs is 1. The summed E-state index contributed by atoms with van der Waals surface area (Å²) in [6.45, 7) is 3.34. The maximum atomic E-state index is 13.7. The van der Waals surface area contributed by atoms with Gasteiger partial charge in [-0.05, 0) is 59.0 Å². The van der Waals surface area contributed by atoms with Crippen molar-refractivity contribution in [2.45, 2.75) is 38.6 Å². The van der Waals surface area contributed by atoms with Gasteiger partial charge in [-0.15, -0.1) is 22.7 Å². The van der Waals surface area contributed by atoms with E-state index < -0.39 is 0 Å². The molecular weight excluding hydrogens is 495 g/mol. The van der Waals surface area contributed by atoms with Crippen LogP contribution >= 0.6 is 45.9 Å². The minimum atomic E-state index is -0.286. The Morgan fingerprint density at radius 3 is 2.67 bits per heavy atom. The Balaban J connectivity index is 1.62. The Morgan fingerprint density at radius 2 is 1.94 bits per heavy atom. The van der Waals surface area contributed by atoms with Gasteiger partial charge in [-0.25, -0.2) is 0 Å². The standard InChI is InChI=1S/C25H26Cl2N2O2S2/c1-2-3-4-11-28(25(31)22-6-5-13-32-22)16-23(30)29-12-9-21-19(10-14-33-21)24(29)18-8-7-17(26)15-20(18)27/h5-8,10,13-15,24H,2-4,9,11-12,16H2,1H3. The van der Waals surface area contributed by atoms with Crippen LogP contribution in [0.1, 0.15) is 57.9 Å². The van der Waals surface area contributed by atoms with Crippen molar-refractivity contribution in [1.82, 2.24) is 9.80 Å². The molecule has 3 heterocycles. The first kappa shape index (κ1) is 24.3. The van der Waals surface area contributed by atoms with Crippen LogP contribution in [0, 0.1) is 0 Å². The third kappa shape index (κ3) is 5.46. The number of carbonyl (C=O) groups is 2. The zero-order valence-electron chi connectivity index (χ0n) is 18.4. The van der Waals surface area contributed by atoms with Crippen molar-refractivity contribution < 1.29 is 9.59 Å². The zero-order valence-corrected chi connectivity index (χ0v) is 21.6. The van der Waals surface area contributed by atoms with Crippen molar-refractivity contribution in [2.75, 3.05) is 19.6 Å². The molecule has 1 aromatic carbocycles. The molecule has 1 atom stereocenters. The molecule has 0 radical (unpaired) electrons. The smallest absolute Gasteiger partial charge is 0.264 e. The molecule has 0 N–H and O–H groups in total. The second kappa shape index (κ2) is 11.0. The van der Waals surface area contributed by atoms with E-state index in [1.807, 2.05) is 34.5 Å². The van der Waals surface area contributed by atoms with Gasteiger partial charge in [0.2, 0.25) is 5.91 Å². The first-order valence-electron chi connectivity index (χ1n) is 11.1. The molecule has 2 aromatic heterocycles. The molecule has 2 amide bonds. The molecule has 0 aliphatic carbocycles. The minimum absolute atomic E-state index is 0.0572. The highest BCUT2D eigenvalue weighted by Crippen LogP contribution is 2.41. The highest BCUT2D eigenvalue weighted by atomic mass is 35.5. The van der Waals surface area contributed by atoms with Gasteiger partial charge in [0.1, 0.15) is 6.54 Å². The number of unbranched alkanes of at least 4 members (excludes halogenated alkanes) is 2. The second-order valence-electron chi connectivity index (χ2n) is 8.12. The van der Waals surface area contributed by atoms with E-state index in [1.54, 1.807) is 22.3 Å². The van der Waals surface area contributed by atoms with E-state index in [-0.39, 0.29) is 24.4 Å². The normalized spacial score (nSPS) is 15.4. The molecule has 1 aliphatic heterocycles. The highest BCUT2D eigenvalue weighted by molar-refractivity contribution is 7.12. The van der Waals surface area contributed by atoms with Crippen molar-refractivity contribution in [3.8, 4) is 0 Å². The van der Waals surface area contributed by atoms with Crippen LogP contribution in [0.2, 0.25) is 10.0 Å². The summed E-state index contributed by atoms with van der Waals surface area (Å²) in [6.07, 6.45) is 3.75. The zero-order chi connectivity index (χ0) is 23.4. The van der Waals surface area contributed by atoms with Crippen molar-refractivity contribution in [1.29, 1.82) is 0 Å². The number of thiophene rings is 2. The topological polar surface area (TPSA) is 40.6 Å². The summed E-state index contributed by atoms with van der Waals surface area (Å²) in [6, 6.07) is 10.9. The third-order valence-corrected chi connectivity index (χ3v) is 8.34. The van der Waals surface area contributed by atoms with Crippen molar-refractivity contribution in [3.05, 3.63) is 78.1 Å². The minimum Gasteiger partial charge on any atom is -0.330 e. The first-order valence-corrected chi connectivity index (χ1v) is 13.6. The van der Waals surface area contributed by atoms with E-state index in [0.29, 0.717) is 28.0 Å². The lowest BCUT2D eigenvalue weighted by Gasteiger charge is -2.38. The fourth-order valence-corrected chi connectivity index (χ4v) is 6.37. The summed E-state index contributed by atoms with van der Waals surface area (Å²) in [7, 11) is 0. The number of nitrogens with zero attached hydrogens (tertiary/aromatic N) is 2. The molecule has 0 saturated heterocycles. The lowest BCUT2D eigenvalue weighted by Crippen LogP contribution is -2.47. The van der Waals surface area contributed by atoms with Crippen LogP contribution < -0.4 is 0 Å². The number of carbonyl (C=O) groups excluding carboxylic acids is 2. The monoisotopic (exact) mass is 520 g/mol. The number of hydrogen-bond acceptors (Lipinski definition) is 4. The quantitative estimate of drug-likeness (QED) is 0.302. The number of benzene rings is 1. The van der Waals surface area contributed by atoms with Crippen LogP contribution in [0.5, 0.6) is 0 Å². The molecule has 3 aromatic rings. The predicted molar refractivity (Wildman–Crippen MR) is 138 cm³/mol. The van der Waals surface area contributed by atoms with E-state index in [4.69, 9.17) is 23.2 Å². The van der Waals surface area contributed by atoms with Gasteiger partial charge in [-0.3, -0.25) is 9.59 Å². The molecule has 174 valence electrons. The maximum Gasteiger partial charge on any atom is 0.264 e. The molecule has 4 nitrogen and oxygen atoms in total. The van der Waals surface area contributed by atoms with Gasteiger partial charge in [0, 0.05) is 28.0 Å². The molecule has 8 heteroatoms. The van der Waals surface area contributed by atoms with Gasteiger partial charge in [0.05, 0.1) is 10.9 Å². The summed E-state index contributed by atoms with van der Waals surface area (Å²) in [4.78, 5) is 32.3. The lowest BCUT2D eigenvalue weighted by atomic mass is 9.93. The Labute approximate surface area is 212 Å². The average Bonchev–Trinajstić information content (AvgIpc) is 3.50. The Bertz CT molecular complexity index is 1110. The molecule has 4 rings (SSSR count). The second-order valence-corrected chi connectivity index (χ2v) is 10.9. The fraction of sp³-hybridized carbons (Fsp3) is 0.360. The summed E-state index contributed by atoms with van der Waals surface area (Å²) in [5.74, 6) is -0.145. The number of hydrogen-bond donors (Lipinski definition) is 0. The summed E-state index contributed by atoms with van der Waals surface area (Å²) in [5.41, 5.74) is 1.96. The highest BCUT2D eigenvalue weighted by Gasteiger charge is 2.35. The summed E-state index contributed by atoms with van der Waals surface area (Å²) >= 11 is 15.8. The Hall–Kier alpha value is -1.86. The van der Waals surface area contributed by atoms with Gasteiger partial charge >= 0.3 is 0 Å². The molecule has 0 fully saturated rings. The number of halogens is 2. The van der Waals surface area contributed by atoms with Gasteiger partial charge < -0.3 is 9.80 Å². The summed E-state index contributed by atoms with van der Waals surface area (Å²) < 4.78 is 0. The lowest BCUT2D eigenvalue weighted by molar-refractivity contribution is -0.134. The Morgan fingerprint density at radius 1 is 1.09 bits per heavy atom. The van der Waals surface area contributed by atoms with Crippen LogP contribution in [0.15, 0.2) is 47.2 Å². The van der Waals surface area contributed by atoms with Crippen molar-refractivity contribution in [2.24, 2.45) is 0 Å². The molecule has 1 aliphatic rings. The van der Waals surface area contributed by atoms with E-state index >= 15 is 0 Å². The number of rotatable bonds is 8. The van der Waals surface area contributed by atoms with Gasteiger partial charge in [-0.1, -0.05) is 55.1 Å². The molecule has 0 bridgehead atoms. The largest absolute Gasteiger partial charge is 0.330 e. The molecule has 1 unspecified atom stereocenters. The van der Waals surface area contributed by atoms with Gasteiger partial charge in [-0.2, -0.15) is 0 Å². The summed E-state index contributed by atoms with van der Waals surface area (Å²) in [5, 5.41) is 5.05.